The van der Waals surface area contributed by atoms with Crippen LogP contribution in [0.1, 0.15) is 39.1 Å². The number of nitriles is 1. The highest BCUT2D eigenvalue weighted by Gasteiger charge is 2.29. The normalized spacial score (nSPS) is 15.6. The zero-order valence-corrected chi connectivity index (χ0v) is 17.3. The van der Waals surface area contributed by atoms with Gasteiger partial charge in [-0.25, -0.2) is 9.78 Å². The Kier molecular flexibility index (Phi) is 6.07. The molecule has 0 spiro atoms. The van der Waals surface area contributed by atoms with E-state index in [1.807, 2.05) is 12.1 Å². The summed E-state index contributed by atoms with van der Waals surface area (Å²) in [7, 11) is 1.23. The predicted octanol–water partition coefficient (Wildman–Crippen LogP) is 2.00. The van der Waals surface area contributed by atoms with Crippen LogP contribution in [0.5, 0.6) is 5.88 Å². The van der Waals surface area contributed by atoms with Crippen LogP contribution in [0.4, 0.5) is 0 Å². The molecule has 1 aliphatic heterocycles. The topological polar surface area (TPSA) is 123 Å². The Morgan fingerprint density at radius 1 is 1.16 bits per heavy atom. The van der Waals surface area contributed by atoms with Gasteiger partial charge in [0.05, 0.1) is 42.9 Å². The second-order valence-corrected chi connectivity index (χ2v) is 7.11. The molecule has 0 aliphatic carbocycles. The summed E-state index contributed by atoms with van der Waals surface area (Å²) in [5.74, 6) is -0.844. The largest absolute Gasteiger partial charge is 0.472 e. The maximum Gasteiger partial charge on any atom is 0.344 e. The number of piperidine rings is 1. The number of hydrogen-bond donors (Lipinski definition) is 0. The molecule has 0 radical (unpaired) electrons. The van der Waals surface area contributed by atoms with Crippen molar-refractivity contribution in [2.45, 2.75) is 18.9 Å². The van der Waals surface area contributed by atoms with Crippen LogP contribution in [-0.2, 0) is 4.74 Å². The van der Waals surface area contributed by atoms with Gasteiger partial charge in [0.25, 0.3) is 5.91 Å². The lowest BCUT2D eigenvalue weighted by atomic mass is 10.1. The van der Waals surface area contributed by atoms with Crippen molar-refractivity contribution in [1.29, 1.82) is 5.26 Å². The number of para-hydroxylation sites is 1. The van der Waals surface area contributed by atoms with Crippen LogP contribution in [0.2, 0.25) is 0 Å². The first-order valence-corrected chi connectivity index (χ1v) is 10.0. The summed E-state index contributed by atoms with van der Waals surface area (Å²) in [4.78, 5) is 32.7. The number of ether oxygens (including phenoxy) is 2. The van der Waals surface area contributed by atoms with Gasteiger partial charge < -0.3 is 14.4 Å². The molecule has 3 heterocycles. The van der Waals surface area contributed by atoms with Gasteiger partial charge in [0, 0.05) is 12.7 Å². The smallest absolute Gasteiger partial charge is 0.344 e. The third kappa shape index (κ3) is 4.13. The second-order valence-electron chi connectivity index (χ2n) is 7.11. The van der Waals surface area contributed by atoms with E-state index in [4.69, 9.17) is 9.47 Å². The quantitative estimate of drug-likeness (QED) is 0.561. The van der Waals surface area contributed by atoms with Crippen LogP contribution in [0.3, 0.4) is 0 Å². The molecule has 1 atom stereocenters. The fourth-order valence-electron chi connectivity index (χ4n) is 3.64. The molecule has 0 N–H and O–H groups in total. The van der Waals surface area contributed by atoms with Crippen LogP contribution < -0.4 is 4.74 Å². The number of carbonyl (C=O) groups excluding carboxylic acids is 2. The summed E-state index contributed by atoms with van der Waals surface area (Å²) in [6.45, 7) is 0.869. The van der Waals surface area contributed by atoms with Gasteiger partial charge in [0.15, 0.2) is 0 Å². The van der Waals surface area contributed by atoms with Crippen molar-refractivity contribution >= 4 is 11.9 Å². The number of aromatic nitrogens is 4. The standard InChI is InChI=1S/C22H20N6O4/c1-31-22(30)19-15(13-23)8-9-24-20(19)32-16-5-4-12-27(14-16)21(29)17-6-2-3-7-18(17)28-25-10-11-26-28/h2-3,6-11,16H,4-5,12,14H2,1H3/t16-/m1/s1. The molecule has 10 heteroatoms. The maximum absolute atomic E-state index is 13.3. The molecule has 2 aromatic heterocycles. The minimum Gasteiger partial charge on any atom is -0.472 e. The highest BCUT2D eigenvalue weighted by atomic mass is 16.5. The number of hydrogen-bond acceptors (Lipinski definition) is 8. The Labute approximate surface area is 184 Å². The lowest BCUT2D eigenvalue weighted by molar-refractivity contribution is 0.0497. The van der Waals surface area contributed by atoms with E-state index in [0.29, 0.717) is 37.2 Å². The van der Waals surface area contributed by atoms with Gasteiger partial charge in [0.1, 0.15) is 17.7 Å². The molecule has 1 amide bonds. The Balaban J connectivity index is 1.55. The Bertz CT molecular complexity index is 1170. The summed E-state index contributed by atoms with van der Waals surface area (Å²) in [6.07, 6.45) is 5.49. The van der Waals surface area contributed by atoms with Crippen LogP contribution in [0.15, 0.2) is 48.9 Å². The van der Waals surface area contributed by atoms with E-state index in [1.54, 1.807) is 35.5 Å². The SMILES string of the molecule is COC(=O)c1c(C#N)ccnc1O[C@@H]1CCCN(C(=O)c2ccccc2-n2nccn2)C1. The van der Waals surface area contributed by atoms with Crippen molar-refractivity contribution in [3.05, 3.63) is 65.6 Å². The van der Waals surface area contributed by atoms with Crippen LogP contribution in [0, 0.1) is 11.3 Å². The molecule has 162 valence electrons. The highest BCUT2D eigenvalue weighted by Crippen LogP contribution is 2.25. The molecular formula is C22H20N6O4. The Morgan fingerprint density at radius 2 is 1.94 bits per heavy atom. The average Bonchev–Trinajstić information content (AvgIpc) is 3.38. The minimum atomic E-state index is -0.700. The molecule has 1 saturated heterocycles. The van der Waals surface area contributed by atoms with E-state index in [0.717, 1.165) is 0 Å². The van der Waals surface area contributed by atoms with Gasteiger partial charge in [0.2, 0.25) is 5.88 Å². The number of carbonyl (C=O) groups is 2. The van der Waals surface area contributed by atoms with Crippen molar-refractivity contribution in [2.24, 2.45) is 0 Å². The number of rotatable bonds is 5. The third-order valence-corrected chi connectivity index (χ3v) is 5.14. The van der Waals surface area contributed by atoms with Gasteiger partial charge in [-0.15, -0.1) is 0 Å². The molecule has 0 unspecified atom stereocenters. The molecule has 32 heavy (non-hydrogen) atoms. The zero-order valence-electron chi connectivity index (χ0n) is 17.3. The number of likely N-dealkylation sites (tertiary alicyclic amines) is 1. The first-order chi connectivity index (χ1) is 15.6. The van der Waals surface area contributed by atoms with E-state index < -0.39 is 12.1 Å². The summed E-state index contributed by atoms with van der Waals surface area (Å²) >= 11 is 0. The molecule has 0 bridgehead atoms. The lowest BCUT2D eigenvalue weighted by Crippen LogP contribution is -2.44. The fourth-order valence-corrected chi connectivity index (χ4v) is 3.64. The molecule has 4 rings (SSSR count). The van der Waals surface area contributed by atoms with Gasteiger partial charge in [-0.3, -0.25) is 4.79 Å². The number of pyridine rings is 1. The highest BCUT2D eigenvalue weighted by molar-refractivity contribution is 5.98. The average molecular weight is 432 g/mol. The van der Waals surface area contributed by atoms with Gasteiger partial charge >= 0.3 is 5.97 Å². The first kappa shape index (κ1) is 21.0. The summed E-state index contributed by atoms with van der Waals surface area (Å²) < 4.78 is 10.8. The maximum atomic E-state index is 13.3. The van der Waals surface area contributed by atoms with E-state index in [1.165, 1.54) is 24.2 Å². The fraction of sp³-hybridized carbons (Fsp3) is 0.273. The van der Waals surface area contributed by atoms with Crippen molar-refractivity contribution in [3.63, 3.8) is 0 Å². The monoisotopic (exact) mass is 432 g/mol. The first-order valence-electron chi connectivity index (χ1n) is 10.0. The van der Waals surface area contributed by atoms with E-state index in [2.05, 4.69) is 15.2 Å². The molecule has 10 nitrogen and oxygen atoms in total. The summed E-state index contributed by atoms with van der Waals surface area (Å²) in [5.41, 5.74) is 1.16. The molecule has 3 aromatic rings. The number of amides is 1. The van der Waals surface area contributed by atoms with Gasteiger partial charge in [-0.1, -0.05) is 12.1 Å². The van der Waals surface area contributed by atoms with E-state index >= 15 is 0 Å². The minimum absolute atomic E-state index is 0.0175. The van der Waals surface area contributed by atoms with Crippen molar-refractivity contribution in [3.8, 4) is 17.6 Å². The number of benzene rings is 1. The molecular weight excluding hydrogens is 412 g/mol. The van der Waals surface area contributed by atoms with Crippen molar-refractivity contribution in [2.75, 3.05) is 20.2 Å². The molecule has 1 aromatic carbocycles. The molecule has 0 saturated carbocycles. The molecule has 1 aliphatic rings. The van der Waals surface area contributed by atoms with Crippen molar-refractivity contribution < 1.29 is 19.1 Å². The molecule has 1 fully saturated rings. The summed E-state index contributed by atoms with van der Waals surface area (Å²) in [5, 5.41) is 17.6. The summed E-state index contributed by atoms with van der Waals surface area (Å²) in [6, 6.07) is 10.5. The Hall–Kier alpha value is -4.26. The second kappa shape index (κ2) is 9.26. The van der Waals surface area contributed by atoms with Crippen molar-refractivity contribution in [1.82, 2.24) is 24.9 Å². The van der Waals surface area contributed by atoms with Crippen LogP contribution in [-0.4, -0.2) is 63.1 Å². The van der Waals surface area contributed by atoms with E-state index in [-0.39, 0.29) is 22.9 Å². The number of esters is 1. The lowest BCUT2D eigenvalue weighted by Gasteiger charge is -2.33. The zero-order chi connectivity index (χ0) is 22.5. The van der Waals surface area contributed by atoms with Crippen LogP contribution >= 0.6 is 0 Å². The third-order valence-electron chi connectivity index (χ3n) is 5.14. The number of methoxy groups -OCH3 is 1. The van der Waals surface area contributed by atoms with Gasteiger partial charge in [-0.05, 0) is 31.0 Å². The van der Waals surface area contributed by atoms with Gasteiger partial charge in [-0.2, -0.15) is 20.3 Å². The van der Waals surface area contributed by atoms with Crippen LogP contribution in [0.25, 0.3) is 5.69 Å². The predicted molar refractivity (Wildman–Crippen MR) is 111 cm³/mol. The Morgan fingerprint density at radius 3 is 2.69 bits per heavy atom. The van der Waals surface area contributed by atoms with E-state index in [9.17, 15) is 14.9 Å². The number of nitrogens with zero attached hydrogens (tertiary/aromatic N) is 6.